The van der Waals surface area contributed by atoms with E-state index in [2.05, 4.69) is 5.32 Å². The number of benzene rings is 2. The van der Waals surface area contributed by atoms with Crippen LogP contribution in [0.15, 0.2) is 47.9 Å². The number of rotatable bonds is 5. The predicted octanol–water partition coefficient (Wildman–Crippen LogP) is 3.91. The molecular weight excluding hydrogens is 419 g/mol. The second kappa shape index (κ2) is 9.24. The minimum Gasteiger partial charge on any atom is -0.478 e. The quantitative estimate of drug-likeness (QED) is 0.560. The third kappa shape index (κ3) is 4.46. The Morgan fingerprint density at radius 2 is 1.81 bits per heavy atom. The number of allylic oxidation sites excluding steroid dienone is 1. The van der Waals surface area contributed by atoms with Crippen molar-refractivity contribution in [3.63, 3.8) is 0 Å². The van der Waals surface area contributed by atoms with E-state index >= 15 is 0 Å². The number of fused-ring (bicyclic) bond motifs is 1. The number of hydrogen-bond acceptors (Lipinski definition) is 4. The van der Waals surface area contributed by atoms with Crippen molar-refractivity contribution in [2.75, 3.05) is 38.1 Å². The lowest BCUT2D eigenvalue weighted by Gasteiger charge is -2.32. The summed E-state index contributed by atoms with van der Waals surface area (Å²) in [6.07, 6.45) is 0.585. The average molecular weight is 445 g/mol. The fourth-order valence-corrected chi connectivity index (χ4v) is 4.27. The number of carbonyl (C=O) groups is 1. The number of hydrogen-bond donors (Lipinski definition) is 1. The number of anilines is 1. The fourth-order valence-electron chi connectivity index (χ4n) is 4.27. The molecule has 1 unspecified atom stereocenters. The molecule has 1 N–H and O–H groups in total. The molecule has 1 aliphatic heterocycles. The van der Waals surface area contributed by atoms with Gasteiger partial charge in [-0.1, -0.05) is 12.1 Å². The summed E-state index contributed by atoms with van der Waals surface area (Å²) >= 11 is 0. The Morgan fingerprint density at radius 1 is 1.12 bits per heavy atom. The van der Waals surface area contributed by atoms with E-state index in [1.54, 1.807) is 13.0 Å². The van der Waals surface area contributed by atoms with Crippen molar-refractivity contribution in [2.45, 2.75) is 25.9 Å². The molecule has 4 rings (SSSR count). The minimum atomic E-state index is -0.773. The number of nitrogens with zero attached hydrogens (tertiary/aromatic N) is 2. The van der Waals surface area contributed by atoms with Crippen LogP contribution in [0.3, 0.4) is 0 Å². The molecule has 1 fully saturated rings. The van der Waals surface area contributed by atoms with Gasteiger partial charge in [-0.2, -0.15) is 0 Å². The van der Waals surface area contributed by atoms with Gasteiger partial charge in [-0.05, 0) is 49.1 Å². The molecule has 1 amide bonds. The summed E-state index contributed by atoms with van der Waals surface area (Å²) in [5.41, 5.74) is 2.05. The standard InChI is InChI=1S/C24H26F3N3O2/c1-15(30-10-8-28-9-11-30)23(24(31)29(2)18-13-16(25)12-17(26)14-18)32-22-7-6-19-20(22)4-3-5-21(19)27/h3-5,12-14,22,28H,6-11H2,1-2H3/b23-15-. The first-order valence-electron chi connectivity index (χ1n) is 10.7. The summed E-state index contributed by atoms with van der Waals surface area (Å²) < 4.78 is 48.0. The Bertz CT molecular complexity index is 1030. The van der Waals surface area contributed by atoms with Crippen LogP contribution in [-0.2, 0) is 16.0 Å². The highest BCUT2D eigenvalue weighted by atomic mass is 19.1. The second-order valence-corrected chi connectivity index (χ2v) is 8.10. The number of halogens is 3. The maximum absolute atomic E-state index is 14.2. The van der Waals surface area contributed by atoms with Crippen molar-refractivity contribution in [3.8, 4) is 0 Å². The molecule has 8 heteroatoms. The van der Waals surface area contributed by atoms with Crippen molar-refractivity contribution < 1.29 is 22.7 Å². The van der Waals surface area contributed by atoms with E-state index in [9.17, 15) is 18.0 Å². The maximum atomic E-state index is 14.2. The molecule has 5 nitrogen and oxygen atoms in total. The van der Waals surface area contributed by atoms with Gasteiger partial charge in [0.05, 0.1) is 5.70 Å². The second-order valence-electron chi connectivity index (χ2n) is 8.10. The van der Waals surface area contributed by atoms with E-state index in [-0.39, 0.29) is 17.3 Å². The Labute approximate surface area is 185 Å². The molecule has 0 bridgehead atoms. The zero-order valence-electron chi connectivity index (χ0n) is 18.1. The van der Waals surface area contributed by atoms with Gasteiger partial charge in [0.15, 0.2) is 0 Å². The lowest BCUT2D eigenvalue weighted by molar-refractivity contribution is -0.119. The van der Waals surface area contributed by atoms with Gasteiger partial charge >= 0.3 is 0 Å². The first kappa shape index (κ1) is 22.2. The smallest absolute Gasteiger partial charge is 0.294 e. The van der Waals surface area contributed by atoms with Crippen molar-refractivity contribution in [2.24, 2.45) is 0 Å². The van der Waals surface area contributed by atoms with Gasteiger partial charge in [0.2, 0.25) is 5.76 Å². The summed E-state index contributed by atoms with van der Waals surface area (Å²) in [7, 11) is 1.45. The van der Waals surface area contributed by atoms with Crippen LogP contribution in [-0.4, -0.2) is 44.0 Å². The largest absolute Gasteiger partial charge is 0.478 e. The topological polar surface area (TPSA) is 44.8 Å². The van der Waals surface area contributed by atoms with Crippen molar-refractivity contribution >= 4 is 11.6 Å². The molecule has 32 heavy (non-hydrogen) atoms. The minimum absolute atomic E-state index is 0.0829. The molecule has 1 saturated heterocycles. The summed E-state index contributed by atoms with van der Waals surface area (Å²) in [5.74, 6) is -2.25. The third-order valence-corrected chi connectivity index (χ3v) is 6.07. The van der Waals surface area contributed by atoms with Crippen molar-refractivity contribution in [3.05, 3.63) is 76.4 Å². The third-order valence-electron chi connectivity index (χ3n) is 6.07. The Morgan fingerprint density at radius 3 is 2.50 bits per heavy atom. The summed E-state index contributed by atoms with van der Waals surface area (Å²) in [6.45, 7) is 4.72. The molecule has 0 aromatic heterocycles. The summed E-state index contributed by atoms with van der Waals surface area (Å²) in [4.78, 5) is 16.7. The Balaban J connectivity index is 1.68. The Hall–Kier alpha value is -3.00. The van der Waals surface area contributed by atoms with Gasteiger partial charge in [0.25, 0.3) is 5.91 Å². The molecule has 1 atom stereocenters. The maximum Gasteiger partial charge on any atom is 0.294 e. The molecule has 0 saturated carbocycles. The number of carbonyl (C=O) groups excluding carboxylic acids is 1. The van der Waals surface area contributed by atoms with Crippen LogP contribution in [0.5, 0.6) is 0 Å². The first-order valence-corrected chi connectivity index (χ1v) is 10.7. The van der Waals surface area contributed by atoms with Gasteiger partial charge < -0.3 is 19.9 Å². The monoisotopic (exact) mass is 445 g/mol. The van der Waals surface area contributed by atoms with Crippen LogP contribution in [0.2, 0.25) is 0 Å². The molecule has 1 heterocycles. The Kier molecular flexibility index (Phi) is 6.41. The number of piperazine rings is 1. The lowest BCUT2D eigenvalue weighted by Crippen LogP contribution is -2.43. The molecule has 2 aromatic rings. The van der Waals surface area contributed by atoms with Crippen LogP contribution in [0.25, 0.3) is 0 Å². The van der Waals surface area contributed by atoms with Crippen molar-refractivity contribution in [1.29, 1.82) is 0 Å². The molecule has 2 aliphatic rings. The van der Waals surface area contributed by atoms with Gasteiger partial charge in [-0.25, -0.2) is 13.2 Å². The van der Waals surface area contributed by atoms with Crippen LogP contribution in [0, 0.1) is 17.5 Å². The first-order chi connectivity index (χ1) is 15.3. The van der Waals surface area contributed by atoms with E-state index in [1.165, 1.54) is 18.0 Å². The molecule has 170 valence electrons. The normalized spacial score (nSPS) is 18.8. The van der Waals surface area contributed by atoms with Crippen LogP contribution in [0.1, 0.15) is 30.6 Å². The van der Waals surface area contributed by atoms with Crippen molar-refractivity contribution in [1.82, 2.24) is 10.2 Å². The molecule has 1 aliphatic carbocycles. The van der Waals surface area contributed by atoms with E-state index in [1.807, 2.05) is 11.0 Å². The number of likely N-dealkylation sites (N-methyl/N-ethyl adjacent to an activating group) is 1. The van der Waals surface area contributed by atoms with E-state index in [0.29, 0.717) is 37.2 Å². The molecule has 0 radical (unpaired) electrons. The SMILES string of the molecule is C/C(=C(/OC1CCc2c(F)cccc21)C(=O)N(C)c1cc(F)cc(F)c1)N1CCNCC1. The van der Waals surface area contributed by atoms with Gasteiger partial charge in [-0.3, -0.25) is 4.79 Å². The highest BCUT2D eigenvalue weighted by Gasteiger charge is 2.32. The van der Waals surface area contributed by atoms with Crippen LogP contribution in [0.4, 0.5) is 18.9 Å². The summed E-state index contributed by atoms with van der Waals surface area (Å²) in [5, 5.41) is 3.27. The van der Waals surface area contributed by atoms with Crippen LogP contribution < -0.4 is 10.2 Å². The number of nitrogens with one attached hydrogen (secondary N) is 1. The zero-order chi connectivity index (χ0) is 22.8. The van der Waals surface area contributed by atoms with E-state index in [0.717, 1.165) is 36.9 Å². The molecule has 0 spiro atoms. The number of ether oxygens (including phenoxy) is 1. The lowest BCUT2D eigenvalue weighted by atomic mass is 10.1. The summed E-state index contributed by atoms with van der Waals surface area (Å²) in [6, 6.07) is 7.81. The number of amides is 1. The van der Waals surface area contributed by atoms with Gasteiger partial charge in [0.1, 0.15) is 23.6 Å². The highest BCUT2D eigenvalue weighted by molar-refractivity contribution is 6.04. The molecular formula is C24H26F3N3O2. The van der Waals surface area contributed by atoms with E-state index < -0.39 is 23.6 Å². The molecule has 2 aromatic carbocycles. The zero-order valence-corrected chi connectivity index (χ0v) is 18.1. The fraction of sp³-hybridized carbons (Fsp3) is 0.375. The van der Waals surface area contributed by atoms with Gasteiger partial charge in [0, 0.05) is 45.0 Å². The van der Waals surface area contributed by atoms with Gasteiger partial charge in [-0.15, -0.1) is 0 Å². The highest BCUT2D eigenvalue weighted by Crippen LogP contribution is 2.38. The average Bonchev–Trinajstić information content (AvgIpc) is 3.20. The van der Waals surface area contributed by atoms with E-state index in [4.69, 9.17) is 4.74 Å². The predicted molar refractivity (Wildman–Crippen MR) is 115 cm³/mol. The van der Waals surface area contributed by atoms with Crippen LogP contribution >= 0.6 is 0 Å².